The fraction of sp³-hybridized carbons (Fsp3) is 0.478. The number of carbonyl (C=O) groups is 2. The second-order valence-electron chi connectivity index (χ2n) is 8.30. The first-order chi connectivity index (χ1) is 14.9. The summed E-state index contributed by atoms with van der Waals surface area (Å²) in [6, 6.07) is 5.54. The molecule has 0 radical (unpaired) electrons. The van der Waals surface area contributed by atoms with Gasteiger partial charge in [-0.05, 0) is 50.0 Å². The molecule has 1 N–H and O–H groups in total. The van der Waals surface area contributed by atoms with Crippen molar-refractivity contribution in [3.8, 4) is 5.75 Å². The van der Waals surface area contributed by atoms with Gasteiger partial charge in [0, 0.05) is 31.7 Å². The Morgan fingerprint density at radius 3 is 2.87 bits per heavy atom. The lowest BCUT2D eigenvalue weighted by Gasteiger charge is -2.33. The van der Waals surface area contributed by atoms with E-state index in [9.17, 15) is 9.59 Å². The topological polar surface area (TPSA) is 71.1 Å². The highest BCUT2D eigenvalue weighted by molar-refractivity contribution is 6.29. The fourth-order valence-electron chi connectivity index (χ4n) is 3.91. The summed E-state index contributed by atoms with van der Waals surface area (Å²) >= 11 is 6.39. The first kappa shape index (κ1) is 21.6. The van der Waals surface area contributed by atoms with E-state index in [-0.39, 0.29) is 30.9 Å². The number of rotatable bonds is 4. The minimum absolute atomic E-state index is 0.00359. The molecule has 0 spiro atoms. The summed E-state index contributed by atoms with van der Waals surface area (Å²) in [6.45, 7) is 4.30. The highest BCUT2D eigenvalue weighted by atomic mass is 35.5. The number of halogens is 1. The number of ether oxygens (including phenoxy) is 2. The molecule has 1 amide bonds. The van der Waals surface area contributed by atoms with Crippen LogP contribution in [-0.4, -0.2) is 67.4 Å². The predicted molar refractivity (Wildman–Crippen MR) is 119 cm³/mol. The molecule has 1 unspecified atom stereocenters. The second-order valence-corrected chi connectivity index (χ2v) is 8.66. The average Bonchev–Trinajstić information content (AvgIpc) is 2.98. The van der Waals surface area contributed by atoms with E-state index in [0.717, 1.165) is 12.8 Å². The Morgan fingerprint density at radius 2 is 2.10 bits per heavy atom. The Hall–Kier alpha value is -2.67. The van der Waals surface area contributed by atoms with Crippen molar-refractivity contribution in [3.05, 3.63) is 46.8 Å². The van der Waals surface area contributed by atoms with Crippen molar-refractivity contribution in [1.29, 1.82) is 0 Å². The Kier molecular flexibility index (Phi) is 6.41. The van der Waals surface area contributed by atoms with Gasteiger partial charge in [-0.3, -0.25) is 9.59 Å². The van der Waals surface area contributed by atoms with E-state index in [4.69, 9.17) is 21.1 Å². The SMILES string of the molecule is CC1C=CC(OCC2CCN(C(=O)c3ccc4c(c3)NCC(=O)CO4)CC2)=C(Cl)N1C. The molecule has 166 valence electrons. The normalized spacial score (nSPS) is 21.9. The van der Waals surface area contributed by atoms with Gasteiger partial charge in [-0.1, -0.05) is 17.7 Å². The van der Waals surface area contributed by atoms with Crippen LogP contribution in [0, 0.1) is 5.92 Å². The van der Waals surface area contributed by atoms with E-state index < -0.39 is 0 Å². The van der Waals surface area contributed by atoms with Gasteiger partial charge in [0.15, 0.2) is 11.5 Å². The molecule has 31 heavy (non-hydrogen) atoms. The molecule has 1 aromatic carbocycles. The summed E-state index contributed by atoms with van der Waals surface area (Å²) in [6.07, 6.45) is 5.77. The number of likely N-dealkylation sites (N-methyl/N-ethyl adjacent to an activating group) is 1. The molecule has 0 aliphatic carbocycles. The Labute approximate surface area is 187 Å². The average molecular weight is 446 g/mol. The van der Waals surface area contributed by atoms with Gasteiger partial charge < -0.3 is 24.6 Å². The van der Waals surface area contributed by atoms with Crippen molar-refractivity contribution in [2.24, 2.45) is 5.92 Å². The Balaban J connectivity index is 1.30. The van der Waals surface area contributed by atoms with Crippen molar-refractivity contribution < 1.29 is 19.1 Å². The monoisotopic (exact) mass is 445 g/mol. The maximum atomic E-state index is 13.0. The summed E-state index contributed by atoms with van der Waals surface area (Å²) < 4.78 is 11.5. The lowest BCUT2D eigenvalue weighted by molar-refractivity contribution is -0.119. The quantitative estimate of drug-likeness (QED) is 0.717. The van der Waals surface area contributed by atoms with Crippen molar-refractivity contribution >= 4 is 29.0 Å². The molecular formula is C23H28ClN3O4. The zero-order valence-corrected chi connectivity index (χ0v) is 18.7. The van der Waals surface area contributed by atoms with Gasteiger partial charge >= 0.3 is 0 Å². The van der Waals surface area contributed by atoms with Crippen LogP contribution in [-0.2, 0) is 9.53 Å². The van der Waals surface area contributed by atoms with Crippen molar-refractivity contribution in [2.45, 2.75) is 25.8 Å². The van der Waals surface area contributed by atoms with Gasteiger partial charge in [-0.15, -0.1) is 0 Å². The van der Waals surface area contributed by atoms with Crippen LogP contribution in [0.1, 0.15) is 30.1 Å². The largest absolute Gasteiger partial charge is 0.490 e. The van der Waals surface area contributed by atoms with E-state index in [1.54, 1.807) is 18.2 Å². The van der Waals surface area contributed by atoms with Crippen LogP contribution in [0.3, 0.4) is 0 Å². The highest BCUT2D eigenvalue weighted by Crippen LogP contribution is 2.29. The van der Waals surface area contributed by atoms with Gasteiger partial charge in [-0.25, -0.2) is 0 Å². The number of hydrogen-bond donors (Lipinski definition) is 1. The number of fused-ring (bicyclic) bond motifs is 1. The number of nitrogens with one attached hydrogen (secondary N) is 1. The standard InChI is InChI=1S/C23H28ClN3O4/c1-15-3-5-21(22(24)26(15)2)30-13-16-7-9-27(10-8-16)23(29)17-4-6-20-19(11-17)25-12-18(28)14-31-20/h3-6,11,15-16,25H,7-10,12-14H2,1-2H3. The first-order valence-electron chi connectivity index (χ1n) is 10.7. The van der Waals surface area contributed by atoms with E-state index in [1.165, 1.54) is 0 Å². The van der Waals surface area contributed by atoms with E-state index in [2.05, 4.69) is 18.3 Å². The highest BCUT2D eigenvalue weighted by Gasteiger charge is 2.26. The number of benzene rings is 1. The molecule has 1 atom stereocenters. The molecule has 0 saturated carbocycles. The molecule has 3 aliphatic heterocycles. The third kappa shape index (κ3) is 4.82. The van der Waals surface area contributed by atoms with Gasteiger partial charge in [0.1, 0.15) is 17.5 Å². The number of nitrogens with zero attached hydrogens (tertiary/aromatic N) is 2. The molecule has 0 aromatic heterocycles. The summed E-state index contributed by atoms with van der Waals surface area (Å²) in [5, 5.41) is 3.68. The zero-order valence-electron chi connectivity index (χ0n) is 17.9. The molecule has 0 bridgehead atoms. The molecule has 7 nitrogen and oxygen atoms in total. The summed E-state index contributed by atoms with van der Waals surface area (Å²) in [7, 11) is 1.95. The fourth-order valence-corrected chi connectivity index (χ4v) is 4.18. The third-order valence-corrected chi connectivity index (χ3v) is 6.57. The summed E-state index contributed by atoms with van der Waals surface area (Å²) in [5.74, 6) is 1.67. The number of Topliss-reactive ketones (excluding diaryl/α,β-unsaturated/α-hetero) is 1. The molecule has 3 aliphatic rings. The van der Waals surface area contributed by atoms with Gasteiger partial charge in [0.05, 0.1) is 18.8 Å². The lowest BCUT2D eigenvalue weighted by atomic mass is 9.97. The number of piperidine rings is 1. The predicted octanol–water partition coefficient (Wildman–Crippen LogP) is 3.23. The molecule has 4 rings (SSSR count). The molecule has 1 saturated heterocycles. The summed E-state index contributed by atoms with van der Waals surface area (Å²) in [4.78, 5) is 28.4. The Bertz CT molecular complexity index is 921. The molecule has 3 heterocycles. The Morgan fingerprint density at radius 1 is 1.32 bits per heavy atom. The second kappa shape index (κ2) is 9.22. The van der Waals surface area contributed by atoms with Gasteiger partial charge in [0.2, 0.25) is 0 Å². The van der Waals surface area contributed by atoms with Crippen LogP contribution in [0.2, 0.25) is 0 Å². The summed E-state index contributed by atoms with van der Waals surface area (Å²) in [5.41, 5.74) is 1.28. The van der Waals surface area contributed by atoms with Crippen molar-refractivity contribution in [1.82, 2.24) is 9.80 Å². The van der Waals surface area contributed by atoms with E-state index in [1.807, 2.05) is 22.9 Å². The number of ketones is 1. The van der Waals surface area contributed by atoms with E-state index in [0.29, 0.717) is 53.5 Å². The van der Waals surface area contributed by atoms with Gasteiger partial charge in [-0.2, -0.15) is 0 Å². The third-order valence-electron chi connectivity index (χ3n) is 6.12. The number of likely N-dealkylation sites (tertiary alicyclic amines) is 1. The zero-order chi connectivity index (χ0) is 22.0. The van der Waals surface area contributed by atoms with Gasteiger partial charge in [0.25, 0.3) is 5.91 Å². The number of anilines is 1. The number of amides is 1. The van der Waals surface area contributed by atoms with Crippen LogP contribution in [0.4, 0.5) is 5.69 Å². The number of hydrogen-bond acceptors (Lipinski definition) is 6. The van der Waals surface area contributed by atoms with Crippen LogP contribution in [0.25, 0.3) is 0 Å². The molecule has 8 heteroatoms. The van der Waals surface area contributed by atoms with Crippen LogP contribution in [0.5, 0.6) is 5.75 Å². The molecular weight excluding hydrogens is 418 g/mol. The molecule has 1 aromatic rings. The lowest BCUT2D eigenvalue weighted by Crippen LogP contribution is -2.39. The smallest absolute Gasteiger partial charge is 0.253 e. The maximum Gasteiger partial charge on any atom is 0.253 e. The van der Waals surface area contributed by atoms with Crippen LogP contribution >= 0.6 is 11.6 Å². The van der Waals surface area contributed by atoms with Crippen molar-refractivity contribution in [3.63, 3.8) is 0 Å². The number of allylic oxidation sites excluding steroid dienone is 1. The first-order valence-corrected chi connectivity index (χ1v) is 11.1. The minimum atomic E-state index is -0.0182. The van der Waals surface area contributed by atoms with Crippen LogP contribution < -0.4 is 10.1 Å². The molecule has 1 fully saturated rings. The number of carbonyl (C=O) groups excluding carboxylic acids is 2. The minimum Gasteiger partial charge on any atom is -0.490 e. The maximum absolute atomic E-state index is 13.0. The van der Waals surface area contributed by atoms with E-state index >= 15 is 0 Å². The van der Waals surface area contributed by atoms with Crippen LogP contribution in [0.15, 0.2) is 41.3 Å². The van der Waals surface area contributed by atoms with Crippen molar-refractivity contribution in [2.75, 3.05) is 45.2 Å².